The third-order valence-electron chi connectivity index (χ3n) is 3.57. The molecule has 2 aromatic carbocycles. The standard InChI is InChI=1S/C18H21N3O4S/c1-12-8-9-15(19-13(2)22)11-17(12)26(24,25)20-16-7-5-6-14(10-16)18(23)21(3)4/h5-11,20H,1-4H3,(H,19,22). The maximum atomic E-state index is 12.8. The van der Waals surface area contributed by atoms with E-state index in [4.69, 9.17) is 0 Å². The van der Waals surface area contributed by atoms with Gasteiger partial charge >= 0.3 is 0 Å². The van der Waals surface area contributed by atoms with E-state index in [9.17, 15) is 18.0 Å². The van der Waals surface area contributed by atoms with Crippen molar-refractivity contribution in [2.75, 3.05) is 24.1 Å². The number of carbonyl (C=O) groups is 2. The molecule has 2 amide bonds. The third-order valence-corrected chi connectivity index (χ3v) is 5.09. The Labute approximate surface area is 153 Å². The van der Waals surface area contributed by atoms with Crippen molar-refractivity contribution >= 4 is 33.2 Å². The van der Waals surface area contributed by atoms with Gasteiger partial charge in [-0.15, -0.1) is 0 Å². The Kier molecular flexibility index (Phi) is 5.66. The molecule has 26 heavy (non-hydrogen) atoms. The van der Waals surface area contributed by atoms with Gasteiger partial charge in [0.05, 0.1) is 4.90 Å². The molecule has 0 aliphatic carbocycles. The first-order valence-corrected chi connectivity index (χ1v) is 9.31. The van der Waals surface area contributed by atoms with Gasteiger partial charge in [-0.25, -0.2) is 8.42 Å². The highest BCUT2D eigenvalue weighted by molar-refractivity contribution is 7.92. The van der Waals surface area contributed by atoms with Gasteiger partial charge in [0.1, 0.15) is 0 Å². The number of nitrogens with one attached hydrogen (secondary N) is 2. The van der Waals surface area contributed by atoms with Crippen LogP contribution >= 0.6 is 0 Å². The van der Waals surface area contributed by atoms with Crippen LogP contribution in [0.15, 0.2) is 47.4 Å². The van der Waals surface area contributed by atoms with Crippen LogP contribution in [0.25, 0.3) is 0 Å². The Morgan fingerprint density at radius 2 is 1.69 bits per heavy atom. The van der Waals surface area contributed by atoms with Gasteiger partial charge in [0.25, 0.3) is 15.9 Å². The summed E-state index contributed by atoms with van der Waals surface area (Å²) >= 11 is 0. The fourth-order valence-corrected chi connectivity index (χ4v) is 3.68. The van der Waals surface area contributed by atoms with Crippen molar-refractivity contribution < 1.29 is 18.0 Å². The summed E-state index contributed by atoms with van der Waals surface area (Å²) in [6.45, 7) is 3.01. The lowest BCUT2D eigenvalue weighted by Gasteiger charge is -2.14. The summed E-state index contributed by atoms with van der Waals surface area (Å²) in [6, 6.07) is 10.9. The van der Waals surface area contributed by atoms with E-state index in [1.54, 1.807) is 51.4 Å². The fourth-order valence-electron chi connectivity index (χ4n) is 2.35. The van der Waals surface area contributed by atoms with Crippen LogP contribution < -0.4 is 10.0 Å². The number of aryl methyl sites for hydroxylation is 1. The van der Waals surface area contributed by atoms with Crippen LogP contribution in [0.2, 0.25) is 0 Å². The zero-order valence-corrected chi connectivity index (χ0v) is 15.8. The van der Waals surface area contributed by atoms with Crippen LogP contribution in [0.1, 0.15) is 22.8 Å². The second kappa shape index (κ2) is 7.57. The highest BCUT2D eigenvalue weighted by Gasteiger charge is 2.19. The molecule has 2 rings (SSSR count). The molecule has 0 aromatic heterocycles. The maximum Gasteiger partial charge on any atom is 0.262 e. The van der Waals surface area contributed by atoms with Gasteiger partial charge in [0.15, 0.2) is 0 Å². The number of hydrogen-bond acceptors (Lipinski definition) is 4. The second-order valence-corrected chi connectivity index (χ2v) is 7.70. The minimum Gasteiger partial charge on any atom is -0.345 e. The number of rotatable bonds is 5. The zero-order valence-electron chi connectivity index (χ0n) is 15.0. The van der Waals surface area contributed by atoms with E-state index in [-0.39, 0.29) is 22.4 Å². The summed E-state index contributed by atoms with van der Waals surface area (Å²) in [6.07, 6.45) is 0. The van der Waals surface area contributed by atoms with Gasteiger partial charge in [0, 0.05) is 38.0 Å². The van der Waals surface area contributed by atoms with Crippen molar-refractivity contribution in [3.63, 3.8) is 0 Å². The van der Waals surface area contributed by atoms with E-state index in [2.05, 4.69) is 10.0 Å². The average molecular weight is 375 g/mol. The summed E-state index contributed by atoms with van der Waals surface area (Å²) in [5.41, 5.74) is 1.58. The summed E-state index contributed by atoms with van der Waals surface area (Å²) in [7, 11) is -0.649. The number of nitrogens with zero attached hydrogens (tertiary/aromatic N) is 1. The van der Waals surface area contributed by atoms with E-state index in [1.807, 2.05) is 0 Å². The van der Waals surface area contributed by atoms with Crippen molar-refractivity contribution in [2.45, 2.75) is 18.7 Å². The second-order valence-electron chi connectivity index (χ2n) is 6.05. The summed E-state index contributed by atoms with van der Waals surface area (Å²) in [5, 5.41) is 2.56. The highest BCUT2D eigenvalue weighted by Crippen LogP contribution is 2.23. The predicted octanol–water partition coefficient (Wildman–Crippen LogP) is 2.46. The molecule has 0 spiro atoms. The van der Waals surface area contributed by atoms with Crippen molar-refractivity contribution in [1.29, 1.82) is 0 Å². The first-order chi connectivity index (χ1) is 12.1. The third kappa shape index (κ3) is 4.60. The quantitative estimate of drug-likeness (QED) is 0.839. The molecule has 0 bridgehead atoms. The number of anilines is 2. The van der Waals surface area contributed by atoms with Gasteiger partial charge in [-0.3, -0.25) is 14.3 Å². The molecule has 138 valence electrons. The lowest BCUT2D eigenvalue weighted by molar-refractivity contribution is -0.114. The van der Waals surface area contributed by atoms with E-state index in [0.717, 1.165) is 0 Å². The van der Waals surface area contributed by atoms with Gasteiger partial charge in [-0.2, -0.15) is 0 Å². The van der Waals surface area contributed by atoms with Gasteiger partial charge in [-0.1, -0.05) is 12.1 Å². The van der Waals surface area contributed by atoms with E-state index in [0.29, 0.717) is 16.8 Å². The van der Waals surface area contributed by atoms with Crippen LogP contribution in [0.4, 0.5) is 11.4 Å². The molecule has 0 saturated carbocycles. The Bertz CT molecular complexity index is 953. The van der Waals surface area contributed by atoms with Crippen molar-refractivity contribution in [3.8, 4) is 0 Å². The summed E-state index contributed by atoms with van der Waals surface area (Å²) in [5.74, 6) is -0.519. The average Bonchev–Trinajstić information content (AvgIpc) is 2.55. The minimum atomic E-state index is -3.89. The number of sulfonamides is 1. The molecule has 8 heteroatoms. The molecule has 7 nitrogen and oxygen atoms in total. The summed E-state index contributed by atoms with van der Waals surface area (Å²) < 4.78 is 28.0. The van der Waals surface area contributed by atoms with Crippen molar-refractivity contribution in [3.05, 3.63) is 53.6 Å². The van der Waals surface area contributed by atoms with Gasteiger partial charge in [-0.05, 0) is 42.8 Å². The monoisotopic (exact) mass is 375 g/mol. The molecule has 0 unspecified atom stereocenters. The molecule has 0 atom stereocenters. The first kappa shape index (κ1) is 19.5. The van der Waals surface area contributed by atoms with Crippen LogP contribution in [0, 0.1) is 6.92 Å². The fraction of sp³-hybridized carbons (Fsp3) is 0.222. The molecule has 0 fully saturated rings. The maximum absolute atomic E-state index is 12.8. The summed E-state index contributed by atoms with van der Waals surface area (Å²) in [4.78, 5) is 24.7. The van der Waals surface area contributed by atoms with E-state index >= 15 is 0 Å². The van der Waals surface area contributed by atoms with Crippen LogP contribution in [0.5, 0.6) is 0 Å². The molecule has 2 N–H and O–H groups in total. The van der Waals surface area contributed by atoms with E-state index in [1.165, 1.54) is 24.0 Å². The Morgan fingerprint density at radius 1 is 1.00 bits per heavy atom. The van der Waals surface area contributed by atoms with Crippen molar-refractivity contribution in [2.24, 2.45) is 0 Å². The van der Waals surface area contributed by atoms with E-state index < -0.39 is 10.0 Å². The number of benzene rings is 2. The van der Waals surface area contributed by atoms with Crippen LogP contribution in [0.3, 0.4) is 0 Å². The van der Waals surface area contributed by atoms with Crippen LogP contribution in [-0.2, 0) is 14.8 Å². The van der Waals surface area contributed by atoms with Gasteiger partial charge in [0.2, 0.25) is 5.91 Å². The Balaban J connectivity index is 2.36. The SMILES string of the molecule is CC(=O)Nc1ccc(C)c(S(=O)(=O)Nc2cccc(C(=O)N(C)C)c2)c1. The lowest BCUT2D eigenvalue weighted by Crippen LogP contribution is -2.22. The number of hydrogen-bond donors (Lipinski definition) is 2. The molecule has 0 aliphatic heterocycles. The molecular formula is C18H21N3O4S. The molecule has 0 radical (unpaired) electrons. The molecular weight excluding hydrogens is 354 g/mol. The smallest absolute Gasteiger partial charge is 0.262 e. The molecule has 2 aromatic rings. The molecule has 0 saturated heterocycles. The topological polar surface area (TPSA) is 95.6 Å². The zero-order chi connectivity index (χ0) is 19.5. The largest absolute Gasteiger partial charge is 0.345 e. The first-order valence-electron chi connectivity index (χ1n) is 7.83. The molecule has 0 aliphatic rings. The highest BCUT2D eigenvalue weighted by atomic mass is 32.2. The number of carbonyl (C=O) groups excluding carboxylic acids is 2. The number of amides is 2. The predicted molar refractivity (Wildman–Crippen MR) is 101 cm³/mol. The lowest BCUT2D eigenvalue weighted by atomic mass is 10.2. The van der Waals surface area contributed by atoms with Gasteiger partial charge < -0.3 is 10.2 Å². The van der Waals surface area contributed by atoms with Crippen molar-refractivity contribution in [1.82, 2.24) is 4.90 Å². The Morgan fingerprint density at radius 3 is 2.31 bits per heavy atom. The Hall–Kier alpha value is -2.87. The molecule has 0 heterocycles. The normalized spacial score (nSPS) is 10.9. The van der Waals surface area contributed by atoms with Crippen LogP contribution in [-0.4, -0.2) is 39.2 Å². The minimum absolute atomic E-state index is 0.0492.